The highest BCUT2D eigenvalue weighted by atomic mass is 35.5. The highest BCUT2D eigenvalue weighted by Gasteiger charge is 2.28. The normalized spacial score (nSPS) is 22.8. The van der Waals surface area contributed by atoms with Crippen molar-refractivity contribution < 1.29 is 9.13 Å². The largest absolute Gasteiger partial charge is 0.381 e. The van der Waals surface area contributed by atoms with Gasteiger partial charge in [-0.1, -0.05) is 0 Å². The molecule has 1 aliphatic rings. The molecule has 3 nitrogen and oxygen atoms in total. The fraction of sp³-hybridized carbons (Fsp3) is 0.533. The first-order chi connectivity index (χ1) is 9.72. The number of hydrogen-bond acceptors (Lipinski definition) is 2. The molecule has 2 unspecified atom stereocenters. The molecule has 3 rings (SSSR count). The van der Waals surface area contributed by atoms with Gasteiger partial charge in [0.1, 0.15) is 11.6 Å². The van der Waals surface area contributed by atoms with E-state index in [4.69, 9.17) is 16.3 Å². The first-order valence-electron chi connectivity index (χ1n) is 6.98. The topological polar surface area (TPSA) is 27.1 Å². The maximum Gasteiger partial charge on any atom is 0.125 e. The third kappa shape index (κ3) is 2.42. The van der Waals surface area contributed by atoms with Crippen LogP contribution in [0.4, 0.5) is 4.39 Å². The summed E-state index contributed by atoms with van der Waals surface area (Å²) >= 11 is 5.88. The third-order valence-corrected chi connectivity index (χ3v) is 4.29. The van der Waals surface area contributed by atoms with E-state index in [1.54, 1.807) is 19.2 Å². The lowest BCUT2D eigenvalue weighted by Gasteiger charge is -2.16. The maximum atomic E-state index is 13.5. The number of imidazole rings is 1. The van der Waals surface area contributed by atoms with E-state index in [2.05, 4.69) is 9.55 Å². The summed E-state index contributed by atoms with van der Waals surface area (Å²) in [6, 6.07) is 5.09. The van der Waals surface area contributed by atoms with Crippen molar-refractivity contribution in [3.05, 3.63) is 29.8 Å². The molecule has 2 atom stereocenters. The van der Waals surface area contributed by atoms with Gasteiger partial charge in [-0.3, -0.25) is 0 Å². The van der Waals surface area contributed by atoms with Gasteiger partial charge in [0.25, 0.3) is 0 Å². The highest BCUT2D eigenvalue weighted by molar-refractivity contribution is 6.17. The first-order valence-corrected chi connectivity index (χ1v) is 7.51. The molecule has 1 heterocycles. The Balaban J connectivity index is 2.06. The number of rotatable bonds is 4. The van der Waals surface area contributed by atoms with E-state index in [1.165, 1.54) is 6.07 Å². The minimum atomic E-state index is -0.225. The maximum absolute atomic E-state index is 13.5. The molecule has 0 aliphatic heterocycles. The Hall–Kier alpha value is -1.13. The van der Waals surface area contributed by atoms with Crippen LogP contribution in [-0.2, 0) is 11.2 Å². The quantitative estimate of drug-likeness (QED) is 0.805. The Morgan fingerprint density at radius 3 is 3.00 bits per heavy atom. The van der Waals surface area contributed by atoms with Gasteiger partial charge in [0, 0.05) is 25.5 Å². The average Bonchev–Trinajstić information content (AvgIpc) is 3.02. The van der Waals surface area contributed by atoms with Crippen LogP contribution < -0.4 is 0 Å². The van der Waals surface area contributed by atoms with Crippen molar-refractivity contribution in [3.8, 4) is 0 Å². The fourth-order valence-electron chi connectivity index (χ4n) is 3.15. The highest BCUT2D eigenvalue weighted by Crippen LogP contribution is 2.35. The third-order valence-electron chi connectivity index (χ3n) is 4.10. The number of methoxy groups -OCH3 is 1. The minimum absolute atomic E-state index is 0.225. The van der Waals surface area contributed by atoms with Crippen LogP contribution in [0.3, 0.4) is 0 Å². The molecule has 1 saturated carbocycles. The zero-order valence-electron chi connectivity index (χ0n) is 11.5. The van der Waals surface area contributed by atoms with E-state index in [0.29, 0.717) is 18.3 Å². The van der Waals surface area contributed by atoms with E-state index >= 15 is 0 Å². The number of halogens is 2. The van der Waals surface area contributed by atoms with Gasteiger partial charge < -0.3 is 9.30 Å². The van der Waals surface area contributed by atoms with Crippen molar-refractivity contribution in [1.29, 1.82) is 0 Å². The Morgan fingerprint density at radius 1 is 1.45 bits per heavy atom. The van der Waals surface area contributed by atoms with E-state index in [9.17, 15) is 4.39 Å². The van der Waals surface area contributed by atoms with Gasteiger partial charge in [-0.2, -0.15) is 0 Å². The number of nitrogens with zero attached hydrogens (tertiary/aromatic N) is 2. The van der Waals surface area contributed by atoms with Crippen molar-refractivity contribution in [2.75, 3.05) is 13.0 Å². The average molecular weight is 297 g/mol. The zero-order chi connectivity index (χ0) is 14.1. The second-order valence-corrected chi connectivity index (χ2v) is 5.67. The predicted molar refractivity (Wildman–Crippen MR) is 77.8 cm³/mol. The van der Waals surface area contributed by atoms with E-state index in [1.807, 2.05) is 0 Å². The summed E-state index contributed by atoms with van der Waals surface area (Å²) in [6.45, 7) is 0. The second-order valence-electron chi connectivity index (χ2n) is 5.29. The monoisotopic (exact) mass is 296 g/mol. The summed E-state index contributed by atoms with van der Waals surface area (Å²) in [7, 11) is 1.75. The van der Waals surface area contributed by atoms with Crippen LogP contribution in [0, 0.1) is 5.82 Å². The fourth-order valence-corrected chi connectivity index (χ4v) is 3.32. The molecule has 1 fully saturated rings. The zero-order valence-corrected chi connectivity index (χ0v) is 12.2. The van der Waals surface area contributed by atoms with Crippen molar-refractivity contribution in [2.24, 2.45) is 0 Å². The molecule has 0 saturated heterocycles. The number of ether oxygens (including phenoxy) is 1. The van der Waals surface area contributed by atoms with Gasteiger partial charge in [-0.05, 0) is 37.5 Å². The molecule has 20 heavy (non-hydrogen) atoms. The van der Waals surface area contributed by atoms with Crippen LogP contribution in [0.5, 0.6) is 0 Å². The van der Waals surface area contributed by atoms with E-state index < -0.39 is 0 Å². The lowest BCUT2D eigenvalue weighted by molar-refractivity contribution is 0.106. The van der Waals surface area contributed by atoms with Gasteiger partial charge in [0.05, 0.1) is 17.1 Å². The lowest BCUT2D eigenvalue weighted by atomic mass is 10.2. The van der Waals surface area contributed by atoms with Crippen LogP contribution >= 0.6 is 11.6 Å². The van der Waals surface area contributed by atoms with Crippen LogP contribution in [-0.4, -0.2) is 28.6 Å². The minimum Gasteiger partial charge on any atom is -0.381 e. The molecular weight excluding hydrogens is 279 g/mol. The van der Waals surface area contributed by atoms with Crippen molar-refractivity contribution >= 4 is 22.6 Å². The van der Waals surface area contributed by atoms with Crippen LogP contribution in [0.2, 0.25) is 0 Å². The molecule has 0 N–H and O–H groups in total. The predicted octanol–water partition coefficient (Wildman–Crippen LogP) is 3.70. The Labute approximate surface area is 122 Å². The standard InChI is InChI=1S/C15H18ClFN2O/c1-20-12-4-3-11(9-12)19-14-8-10(17)2-5-13(14)18-15(19)6-7-16/h2,5,8,11-12H,3-4,6-7,9H2,1H3. The molecule has 1 aliphatic carbocycles. The first kappa shape index (κ1) is 13.8. The Morgan fingerprint density at radius 2 is 2.30 bits per heavy atom. The van der Waals surface area contributed by atoms with Gasteiger partial charge in [0.2, 0.25) is 0 Å². The molecule has 1 aromatic carbocycles. The number of alkyl halides is 1. The van der Waals surface area contributed by atoms with Crippen LogP contribution in [0.1, 0.15) is 31.1 Å². The summed E-state index contributed by atoms with van der Waals surface area (Å²) in [5, 5.41) is 0. The van der Waals surface area contributed by atoms with Crippen molar-refractivity contribution in [2.45, 2.75) is 37.8 Å². The molecule has 5 heteroatoms. The summed E-state index contributed by atoms with van der Waals surface area (Å²) in [6.07, 6.45) is 4.02. The second kappa shape index (κ2) is 5.70. The Bertz CT molecular complexity index is 613. The number of fused-ring (bicyclic) bond motifs is 1. The van der Waals surface area contributed by atoms with E-state index in [-0.39, 0.29) is 11.9 Å². The molecule has 0 radical (unpaired) electrons. The molecule has 2 aromatic rings. The van der Waals surface area contributed by atoms with Gasteiger partial charge in [-0.25, -0.2) is 9.37 Å². The van der Waals surface area contributed by atoms with E-state index in [0.717, 1.165) is 36.1 Å². The van der Waals surface area contributed by atoms with Crippen molar-refractivity contribution in [3.63, 3.8) is 0 Å². The summed E-state index contributed by atoms with van der Waals surface area (Å²) in [5.74, 6) is 1.24. The van der Waals surface area contributed by atoms with Gasteiger partial charge in [-0.15, -0.1) is 11.6 Å². The molecular formula is C15H18ClFN2O. The SMILES string of the molecule is COC1CCC(n2c(CCCl)nc3ccc(F)cc32)C1. The smallest absolute Gasteiger partial charge is 0.125 e. The number of aromatic nitrogens is 2. The molecule has 0 amide bonds. The summed E-state index contributed by atoms with van der Waals surface area (Å²) < 4.78 is 21.2. The molecule has 0 spiro atoms. The molecule has 0 bridgehead atoms. The molecule has 1 aromatic heterocycles. The van der Waals surface area contributed by atoms with Crippen LogP contribution in [0.25, 0.3) is 11.0 Å². The summed E-state index contributed by atoms with van der Waals surface area (Å²) in [4.78, 5) is 4.61. The van der Waals surface area contributed by atoms with Gasteiger partial charge >= 0.3 is 0 Å². The summed E-state index contributed by atoms with van der Waals surface area (Å²) in [5.41, 5.74) is 1.71. The molecule has 108 valence electrons. The van der Waals surface area contributed by atoms with Crippen molar-refractivity contribution in [1.82, 2.24) is 9.55 Å². The number of benzene rings is 1. The Kier molecular flexibility index (Phi) is 3.94. The number of aryl methyl sites for hydroxylation is 1. The number of hydrogen-bond donors (Lipinski definition) is 0. The van der Waals surface area contributed by atoms with Gasteiger partial charge in [0.15, 0.2) is 0 Å². The van der Waals surface area contributed by atoms with Crippen LogP contribution in [0.15, 0.2) is 18.2 Å². The lowest BCUT2D eigenvalue weighted by Crippen LogP contribution is -2.12.